The molecule has 4 nitrogen and oxygen atoms in total. The van der Waals surface area contributed by atoms with Crippen molar-refractivity contribution in [2.45, 2.75) is 31.3 Å². The van der Waals surface area contributed by atoms with Crippen LogP contribution in [0.1, 0.15) is 28.9 Å². The van der Waals surface area contributed by atoms with Crippen molar-refractivity contribution >= 4 is 33.0 Å². The number of carbonyl (C=O) groups is 1. The van der Waals surface area contributed by atoms with Gasteiger partial charge in [0.25, 0.3) is 5.91 Å². The van der Waals surface area contributed by atoms with Crippen LogP contribution < -0.4 is 11.1 Å². The second kappa shape index (κ2) is 5.00. The third-order valence-corrected chi connectivity index (χ3v) is 5.95. The van der Waals surface area contributed by atoms with Crippen LogP contribution in [0.5, 0.6) is 0 Å². The van der Waals surface area contributed by atoms with Crippen molar-refractivity contribution in [1.82, 2.24) is 10.2 Å². The Morgan fingerprint density at radius 2 is 2.14 bits per heavy atom. The Kier molecular flexibility index (Phi) is 3.12. The number of carbonyl (C=O) groups excluding carboxylic acids is 1. The summed E-state index contributed by atoms with van der Waals surface area (Å²) < 4.78 is 1.08. The molecule has 3 heterocycles. The molecular weight excluding hydrogens is 282 g/mol. The number of rotatable bonds is 2. The van der Waals surface area contributed by atoms with Crippen molar-refractivity contribution in [2.24, 2.45) is 0 Å². The van der Waals surface area contributed by atoms with Crippen LogP contribution >= 0.6 is 11.3 Å². The van der Waals surface area contributed by atoms with Gasteiger partial charge in [0.05, 0.1) is 5.69 Å². The Hall–Kier alpha value is -1.59. The van der Waals surface area contributed by atoms with Gasteiger partial charge in [-0.2, -0.15) is 0 Å². The molecule has 2 atom stereocenters. The zero-order chi connectivity index (χ0) is 14.4. The molecule has 0 radical (unpaired) electrons. The molecule has 0 saturated carbocycles. The highest BCUT2D eigenvalue weighted by atomic mass is 32.1. The molecule has 110 valence electrons. The number of nitrogens with one attached hydrogen (secondary N) is 1. The molecule has 5 heteroatoms. The quantitative estimate of drug-likeness (QED) is 0.896. The number of nitrogen functional groups attached to an aromatic ring is 1. The first-order valence-electron chi connectivity index (χ1n) is 7.56. The Morgan fingerprint density at radius 3 is 3.00 bits per heavy atom. The van der Waals surface area contributed by atoms with E-state index in [1.807, 2.05) is 24.3 Å². The van der Waals surface area contributed by atoms with Crippen molar-refractivity contribution in [3.05, 3.63) is 29.1 Å². The van der Waals surface area contributed by atoms with E-state index < -0.39 is 0 Å². The van der Waals surface area contributed by atoms with Gasteiger partial charge in [0, 0.05) is 28.7 Å². The second-order valence-electron chi connectivity index (χ2n) is 5.96. The molecule has 3 N–H and O–H groups in total. The first kappa shape index (κ1) is 13.1. The van der Waals surface area contributed by atoms with Gasteiger partial charge < -0.3 is 11.1 Å². The lowest BCUT2D eigenvalue weighted by molar-refractivity contribution is 0.0934. The SMILES string of the molecule is Nc1c(C(=O)NC2CCN3CCCC23)sc2ccccc12. The van der Waals surface area contributed by atoms with E-state index in [0.29, 0.717) is 16.6 Å². The van der Waals surface area contributed by atoms with E-state index >= 15 is 0 Å². The average Bonchev–Trinajstić information content (AvgIpc) is 3.16. The summed E-state index contributed by atoms with van der Waals surface area (Å²) in [7, 11) is 0. The first-order valence-corrected chi connectivity index (χ1v) is 8.37. The van der Waals surface area contributed by atoms with Gasteiger partial charge in [0.1, 0.15) is 4.88 Å². The molecular formula is C16H19N3OS. The number of nitrogens with zero attached hydrogens (tertiary/aromatic N) is 1. The van der Waals surface area contributed by atoms with Crippen LogP contribution in [0.15, 0.2) is 24.3 Å². The van der Waals surface area contributed by atoms with Crippen LogP contribution in [0.4, 0.5) is 5.69 Å². The fourth-order valence-corrected chi connectivity index (χ4v) is 4.74. The highest BCUT2D eigenvalue weighted by Crippen LogP contribution is 2.34. The van der Waals surface area contributed by atoms with E-state index in [1.165, 1.54) is 30.7 Å². The highest BCUT2D eigenvalue weighted by Gasteiger charge is 2.38. The van der Waals surface area contributed by atoms with Crippen molar-refractivity contribution in [2.75, 3.05) is 18.8 Å². The molecule has 2 unspecified atom stereocenters. The molecule has 0 spiro atoms. The lowest BCUT2D eigenvalue weighted by Gasteiger charge is -2.21. The molecule has 2 aliphatic rings. The number of amides is 1. The number of fused-ring (bicyclic) bond motifs is 2. The molecule has 1 amide bonds. The van der Waals surface area contributed by atoms with E-state index in [9.17, 15) is 4.79 Å². The summed E-state index contributed by atoms with van der Waals surface area (Å²) in [6, 6.07) is 8.75. The lowest BCUT2D eigenvalue weighted by Crippen LogP contribution is -2.42. The average molecular weight is 301 g/mol. The van der Waals surface area contributed by atoms with Gasteiger partial charge in [-0.15, -0.1) is 11.3 Å². The van der Waals surface area contributed by atoms with Gasteiger partial charge in [0.2, 0.25) is 0 Å². The van der Waals surface area contributed by atoms with Crippen LogP contribution in [-0.2, 0) is 0 Å². The van der Waals surface area contributed by atoms with Gasteiger partial charge in [-0.1, -0.05) is 18.2 Å². The summed E-state index contributed by atoms with van der Waals surface area (Å²) in [6.45, 7) is 2.29. The Morgan fingerprint density at radius 1 is 1.29 bits per heavy atom. The van der Waals surface area contributed by atoms with Crippen LogP contribution in [0, 0.1) is 0 Å². The van der Waals surface area contributed by atoms with Gasteiger partial charge >= 0.3 is 0 Å². The van der Waals surface area contributed by atoms with E-state index in [2.05, 4.69) is 10.2 Å². The topological polar surface area (TPSA) is 58.4 Å². The zero-order valence-corrected chi connectivity index (χ0v) is 12.7. The number of thiophene rings is 1. The van der Waals surface area contributed by atoms with Crippen LogP contribution in [0.2, 0.25) is 0 Å². The monoisotopic (exact) mass is 301 g/mol. The third kappa shape index (κ3) is 2.12. The Bertz CT molecular complexity index is 696. The molecule has 2 aromatic rings. The van der Waals surface area contributed by atoms with Gasteiger partial charge in [0.15, 0.2) is 0 Å². The maximum absolute atomic E-state index is 12.6. The Labute approximate surface area is 127 Å². The summed E-state index contributed by atoms with van der Waals surface area (Å²) in [6.07, 6.45) is 3.51. The molecule has 1 aromatic carbocycles. The van der Waals surface area contributed by atoms with E-state index in [4.69, 9.17) is 5.73 Å². The Balaban J connectivity index is 1.58. The fraction of sp³-hybridized carbons (Fsp3) is 0.438. The molecule has 21 heavy (non-hydrogen) atoms. The van der Waals surface area contributed by atoms with E-state index in [0.717, 1.165) is 23.1 Å². The predicted octanol–water partition coefficient (Wildman–Crippen LogP) is 2.45. The molecule has 4 rings (SSSR count). The van der Waals surface area contributed by atoms with Gasteiger partial charge in [-0.05, 0) is 31.9 Å². The standard InChI is InChI=1S/C16H19N3OS/c17-14-10-4-1-2-6-13(10)21-15(14)16(20)18-11-7-9-19-8-3-5-12(11)19/h1-2,4,6,11-12H,3,5,7-9,17H2,(H,18,20). The van der Waals surface area contributed by atoms with Crippen LogP contribution in [0.25, 0.3) is 10.1 Å². The maximum atomic E-state index is 12.6. The molecule has 2 fully saturated rings. The van der Waals surface area contributed by atoms with Crippen molar-refractivity contribution in [3.8, 4) is 0 Å². The van der Waals surface area contributed by atoms with Crippen LogP contribution in [0.3, 0.4) is 0 Å². The number of hydrogen-bond donors (Lipinski definition) is 2. The molecule has 2 saturated heterocycles. The fourth-order valence-electron chi connectivity index (χ4n) is 3.72. The summed E-state index contributed by atoms with van der Waals surface area (Å²) in [5.41, 5.74) is 6.78. The molecule has 0 aliphatic carbocycles. The molecule has 2 aliphatic heterocycles. The third-order valence-electron chi connectivity index (χ3n) is 4.76. The molecule has 1 aromatic heterocycles. The number of hydrogen-bond acceptors (Lipinski definition) is 4. The minimum Gasteiger partial charge on any atom is -0.397 e. The summed E-state index contributed by atoms with van der Waals surface area (Å²) in [5.74, 6) is -0.00699. The van der Waals surface area contributed by atoms with Crippen molar-refractivity contribution in [3.63, 3.8) is 0 Å². The summed E-state index contributed by atoms with van der Waals surface area (Å²) in [4.78, 5) is 15.7. The number of anilines is 1. The summed E-state index contributed by atoms with van der Waals surface area (Å²) in [5, 5.41) is 4.21. The largest absolute Gasteiger partial charge is 0.397 e. The first-order chi connectivity index (χ1) is 10.2. The van der Waals surface area contributed by atoms with Gasteiger partial charge in [-0.3, -0.25) is 9.69 Å². The predicted molar refractivity (Wildman–Crippen MR) is 86.7 cm³/mol. The minimum atomic E-state index is -0.00699. The highest BCUT2D eigenvalue weighted by molar-refractivity contribution is 7.21. The maximum Gasteiger partial charge on any atom is 0.263 e. The minimum absolute atomic E-state index is 0.00699. The van der Waals surface area contributed by atoms with E-state index in [-0.39, 0.29) is 11.9 Å². The second-order valence-corrected chi connectivity index (χ2v) is 7.01. The molecule has 0 bridgehead atoms. The lowest BCUT2D eigenvalue weighted by atomic mass is 10.1. The summed E-state index contributed by atoms with van der Waals surface area (Å²) >= 11 is 1.49. The van der Waals surface area contributed by atoms with Gasteiger partial charge in [-0.25, -0.2) is 0 Å². The van der Waals surface area contributed by atoms with E-state index in [1.54, 1.807) is 0 Å². The number of nitrogens with two attached hydrogens (primary N) is 1. The normalized spacial score (nSPS) is 25.3. The van der Waals surface area contributed by atoms with Crippen LogP contribution in [-0.4, -0.2) is 36.0 Å². The van der Waals surface area contributed by atoms with Crippen molar-refractivity contribution in [1.29, 1.82) is 0 Å². The number of benzene rings is 1. The zero-order valence-electron chi connectivity index (χ0n) is 11.8. The smallest absolute Gasteiger partial charge is 0.263 e. The van der Waals surface area contributed by atoms with Crippen molar-refractivity contribution < 1.29 is 4.79 Å².